The summed E-state index contributed by atoms with van der Waals surface area (Å²) in [4.78, 5) is 12.7. The molecular formula is C22H19F3N2O4S. The Morgan fingerprint density at radius 2 is 1.62 bits per heavy atom. The first-order valence-electron chi connectivity index (χ1n) is 9.35. The Kier molecular flexibility index (Phi) is 6.73. The molecular weight excluding hydrogens is 445 g/mol. The number of alkyl halides is 3. The van der Waals surface area contributed by atoms with Gasteiger partial charge in [0, 0.05) is 5.69 Å². The molecule has 0 saturated carbocycles. The van der Waals surface area contributed by atoms with E-state index in [1.54, 1.807) is 49.4 Å². The molecule has 0 saturated heterocycles. The van der Waals surface area contributed by atoms with Crippen molar-refractivity contribution in [3.63, 3.8) is 0 Å². The number of nitrogens with zero attached hydrogens (tertiary/aromatic N) is 1. The van der Waals surface area contributed by atoms with Crippen molar-refractivity contribution in [3.8, 4) is 5.75 Å². The first-order valence-corrected chi connectivity index (χ1v) is 10.8. The zero-order valence-electron chi connectivity index (χ0n) is 16.8. The molecule has 0 fully saturated rings. The van der Waals surface area contributed by atoms with Gasteiger partial charge in [-0.05, 0) is 61.0 Å². The third-order valence-corrected chi connectivity index (χ3v) is 6.07. The zero-order chi connectivity index (χ0) is 23.4. The lowest BCUT2D eigenvalue weighted by Crippen LogP contribution is -2.38. The van der Waals surface area contributed by atoms with Crippen LogP contribution in [0.2, 0.25) is 0 Å². The maximum atomic E-state index is 13.2. The van der Waals surface area contributed by atoms with Crippen molar-refractivity contribution in [2.45, 2.75) is 18.2 Å². The van der Waals surface area contributed by atoms with Crippen molar-refractivity contribution in [1.29, 1.82) is 0 Å². The largest absolute Gasteiger partial charge is 0.573 e. The SMILES string of the molecule is Cc1cccc(N(CC(=O)Nc2ccc(OC(F)(F)F)cc2)S(=O)(=O)c2ccccc2)c1. The molecule has 168 valence electrons. The second kappa shape index (κ2) is 9.31. The second-order valence-corrected chi connectivity index (χ2v) is 8.65. The highest BCUT2D eigenvalue weighted by atomic mass is 32.2. The van der Waals surface area contributed by atoms with E-state index in [9.17, 15) is 26.4 Å². The van der Waals surface area contributed by atoms with Crippen LogP contribution in [-0.2, 0) is 14.8 Å². The van der Waals surface area contributed by atoms with Crippen LogP contribution in [0.15, 0.2) is 83.8 Å². The molecule has 1 amide bonds. The van der Waals surface area contributed by atoms with E-state index in [1.165, 1.54) is 24.3 Å². The minimum Gasteiger partial charge on any atom is -0.406 e. The van der Waals surface area contributed by atoms with Crippen LogP contribution in [0.4, 0.5) is 24.5 Å². The normalized spacial score (nSPS) is 11.6. The van der Waals surface area contributed by atoms with Crippen LogP contribution in [-0.4, -0.2) is 27.2 Å². The van der Waals surface area contributed by atoms with Crippen molar-refractivity contribution in [1.82, 2.24) is 0 Å². The van der Waals surface area contributed by atoms with Gasteiger partial charge >= 0.3 is 6.36 Å². The summed E-state index contributed by atoms with van der Waals surface area (Å²) < 4.78 is 68.1. The van der Waals surface area contributed by atoms with E-state index in [0.717, 1.165) is 22.0 Å². The minimum atomic E-state index is -4.83. The van der Waals surface area contributed by atoms with E-state index < -0.39 is 34.6 Å². The Balaban J connectivity index is 1.83. The molecule has 0 radical (unpaired) electrons. The number of halogens is 3. The molecule has 1 N–H and O–H groups in total. The number of benzene rings is 3. The predicted octanol–water partition coefficient (Wildman–Crippen LogP) is 4.73. The molecule has 0 atom stereocenters. The Morgan fingerprint density at radius 1 is 0.969 bits per heavy atom. The van der Waals surface area contributed by atoms with Crippen molar-refractivity contribution >= 4 is 27.3 Å². The quantitative estimate of drug-likeness (QED) is 0.549. The lowest BCUT2D eigenvalue weighted by Gasteiger charge is -2.24. The number of carbonyl (C=O) groups excluding carboxylic acids is 1. The number of rotatable bonds is 7. The first kappa shape index (κ1) is 23.1. The smallest absolute Gasteiger partial charge is 0.406 e. The molecule has 0 aliphatic carbocycles. The summed E-state index contributed by atoms with van der Waals surface area (Å²) in [5.41, 5.74) is 1.29. The van der Waals surface area contributed by atoms with E-state index in [-0.39, 0.29) is 10.6 Å². The average molecular weight is 464 g/mol. The fourth-order valence-corrected chi connectivity index (χ4v) is 4.32. The molecule has 3 aromatic rings. The number of nitrogens with one attached hydrogen (secondary N) is 1. The van der Waals surface area contributed by atoms with Crippen LogP contribution < -0.4 is 14.4 Å². The molecule has 0 aliphatic rings. The Hall–Kier alpha value is -3.53. The lowest BCUT2D eigenvalue weighted by atomic mass is 10.2. The second-order valence-electron chi connectivity index (χ2n) is 6.78. The molecule has 3 aromatic carbocycles. The molecule has 0 aliphatic heterocycles. The summed E-state index contributed by atoms with van der Waals surface area (Å²) >= 11 is 0. The summed E-state index contributed by atoms with van der Waals surface area (Å²) in [5.74, 6) is -1.11. The number of hydrogen-bond donors (Lipinski definition) is 1. The Morgan fingerprint density at radius 3 is 2.22 bits per heavy atom. The number of aryl methyl sites for hydroxylation is 1. The maximum absolute atomic E-state index is 13.2. The fourth-order valence-electron chi connectivity index (χ4n) is 2.89. The fraction of sp³-hybridized carbons (Fsp3) is 0.136. The Bertz CT molecular complexity index is 1180. The van der Waals surface area contributed by atoms with Gasteiger partial charge in [0.25, 0.3) is 10.0 Å². The van der Waals surface area contributed by atoms with Gasteiger partial charge in [-0.2, -0.15) is 0 Å². The van der Waals surface area contributed by atoms with Gasteiger partial charge in [-0.1, -0.05) is 30.3 Å². The van der Waals surface area contributed by atoms with Crippen molar-refractivity contribution in [2.24, 2.45) is 0 Å². The molecule has 0 aromatic heterocycles. The lowest BCUT2D eigenvalue weighted by molar-refractivity contribution is -0.274. The summed E-state index contributed by atoms with van der Waals surface area (Å²) in [6, 6.07) is 18.9. The highest BCUT2D eigenvalue weighted by Crippen LogP contribution is 2.26. The highest BCUT2D eigenvalue weighted by molar-refractivity contribution is 7.92. The maximum Gasteiger partial charge on any atom is 0.573 e. The van der Waals surface area contributed by atoms with Crippen LogP contribution in [0.5, 0.6) is 5.75 Å². The van der Waals surface area contributed by atoms with Gasteiger partial charge < -0.3 is 10.1 Å². The molecule has 32 heavy (non-hydrogen) atoms. The summed E-state index contributed by atoms with van der Waals surface area (Å²) in [6.45, 7) is 1.25. The van der Waals surface area contributed by atoms with Gasteiger partial charge in [0.05, 0.1) is 10.6 Å². The number of amides is 1. The zero-order valence-corrected chi connectivity index (χ0v) is 17.7. The van der Waals surface area contributed by atoms with Crippen LogP contribution >= 0.6 is 0 Å². The summed E-state index contributed by atoms with van der Waals surface area (Å²) in [5, 5.41) is 2.49. The van der Waals surface area contributed by atoms with Crippen LogP contribution in [0.1, 0.15) is 5.56 Å². The molecule has 6 nitrogen and oxygen atoms in total. The van der Waals surface area contributed by atoms with E-state index in [2.05, 4.69) is 10.1 Å². The third kappa shape index (κ3) is 6.01. The topological polar surface area (TPSA) is 75.7 Å². The van der Waals surface area contributed by atoms with Gasteiger partial charge in [0.2, 0.25) is 5.91 Å². The highest BCUT2D eigenvalue weighted by Gasteiger charge is 2.31. The predicted molar refractivity (Wildman–Crippen MR) is 114 cm³/mol. The average Bonchev–Trinajstić information content (AvgIpc) is 2.73. The number of hydrogen-bond acceptors (Lipinski definition) is 4. The van der Waals surface area contributed by atoms with Gasteiger partial charge in [-0.15, -0.1) is 13.2 Å². The Labute approximate surface area is 183 Å². The molecule has 0 heterocycles. The standard InChI is InChI=1S/C22H19F3N2O4S/c1-16-6-5-7-18(14-16)27(32(29,30)20-8-3-2-4-9-20)15-21(28)26-17-10-12-19(13-11-17)31-22(23,24)25/h2-14H,15H2,1H3,(H,26,28). The number of sulfonamides is 1. The molecule has 0 unspecified atom stereocenters. The minimum absolute atomic E-state index is 0.0166. The van der Waals surface area contributed by atoms with E-state index in [1.807, 2.05) is 0 Å². The summed E-state index contributed by atoms with van der Waals surface area (Å²) in [7, 11) is -4.06. The molecule has 10 heteroatoms. The van der Waals surface area contributed by atoms with Crippen LogP contribution in [0.3, 0.4) is 0 Å². The van der Waals surface area contributed by atoms with Gasteiger partial charge in [0.1, 0.15) is 12.3 Å². The molecule has 0 spiro atoms. The number of ether oxygens (including phenoxy) is 1. The van der Waals surface area contributed by atoms with Gasteiger partial charge in [-0.3, -0.25) is 9.10 Å². The van der Waals surface area contributed by atoms with Gasteiger partial charge in [-0.25, -0.2) is 8.42 Å². The van der Waals surface area contributed by atoms with Crippen molar-refractivity contribution in [3.05, 3.63) is 84.4 Å². The van der Waals surface area contributed by atoms with E-state index >= 15 is 0 Å². The van der Waals surface area contributed by atoms with Crippen LogP contribution in [0, 0.1) is 6.92 Å². The van der Waals surface area contributed by atoms with Crippen molar-refractivity contribution in [2.75, 3.05) is 16.2 Å². The van der Waals surface area contributed by atoms with Crippen LogP contribution in [0.25, 0.3) is 0 Å². The first-order chi connectivity index (χ1) is 15.0. The monoisotopic (exact) mass is 464 g/mol. The van der Waals surface area contributed by atoms with Gasteiger partial charge in [0.15, 0.2) is 0 Å². The summed E-state index contributed by atoms with van der Waals surface area (Å²) in [6.07, 6.45) is -4.83. The molecule has 0 bridgehead atoms. The third-order valence-electron chi connectivity index (χ3n) is 4.28. The van der Waals surface area contributed by atoms with Crippen molar-refractivity contribution < 1.29 is 31.1 Å². The molecule has 3 rings (SSSR count). The van der Waals surface area contributed by atoms with E-state index in [0.29, 0.717) is 5.69 Å². The van der Waals surface area contributed by atoms with E-state index in [4.69, 9.17) is 0 Å². The number of carbonyl (C=O) groups is 1. The number of anilines is 2.